The number of carboxylic acids is 1. The van der Waals surface area contributed by atoms with Gasteiger partial charge in [0.25, 0.3) is 5.91 Å². The maximum atomic E-state index is 12.3. The van der Waals surface area contributed by atoms with Crippen molar-refractivity contribution in [1.29, 1.82) is 0 Å². The van der Waals surface area contributed by atoms with E-state index in [9.17, 15) is 23.1 Å². The van der Waals surface area contributed by atoms with Crippen LogP contribution < -0.4 is 34.7 Å². The van der Waals surface area contributed by atoms with Crippen molar-refractivity contribution in [2.75, 3.05) is 5.75 Å². The Balaban J connectivity index is 0.00000192. The number of hydrogen-bond acceptors (Lipinski definition) is 6. The van der Waals surface area contributed by atoms with Crippen molar-refractivity contribution >= 4 is 50.4 Å². The summed E-state index contributed by atoms with van der Waals surface area (Å²) in [6.45, 7) is 0. The molecule has 7 nitrogen and oxygen atoms in total. The summed E-state index contributed by atoms with van der Waals surface area (Å²) in [4.78, 5) is 28.1. The number of carboxylic acid groups (broad SMARTS) is 1. The number of aliphatic carboxylic acids is 1. The zero-order chi connectivity index (χ0) is 16.1. The van der Waals surface area contributed by atoms with Gasteiger partial charge in [-0.05, 0) is 40.8 Å². The Hall–Kier alpha value is -0.750. The van der Waals surface area contributed by atoms with E-state index in [4.69, 9.17) is 0 Å². The van der Waals surface area contributed by atoms with Crippen LogP contribution in [0.1, 0.15) is 5.69 Å². The number of hydrogen-bond donors (Lipinski definition) is 0. The number of halogens is 1. The average molecular weight is 454 g/mol. The maximum Gasteiger partial charge on any atom is 1.00 e. The molecule has 1 atom stereocenters. The third-order valence-electron chi connectivity index (χ3n) is 3.32. The molecule has 114 valence electrons. The molecule has 0 aromatic carbocycles. The van der Waals surface area contributed by atoms with Gasteiger partial charge in [0.05, 0.1) is 28.7 Å². The number of rotatable bonds is 2. The van der Waals surface area contributed by atoms with Crippen LogP contribution in [-0.2, 0) is 19.4 Å². The summed E-state index contributed by atoms with van der Waals surface area (Å²) >= 11 is 1.61. The number of carbonyl (C=O) groups excluding carboxylic acids is 2. The minimum absolute atomic E-state index is 0. The fraction of sp³-hybridized carbons (Fsp3) is 0.154. The largest absolute Gasteiger partial charge is 1.00 e. The molecule has 0 aliphatic carbocycles. The van der Waals surface area contributed by atoms with Crippen LogP contribution in [0.2, 0.25) is 0 Å². The second-order valence-corrected chi connectivity index (χ2v) is 8.09. The first-order valence-corrected chi connectivity index (χ1v) is 8.90. The normalized spacial score (nSPS) is 23.9. The van der Waals surface area contributed by atoms with E-state index >= 15 is 0 Å². The average Bonchev–Trinajstić information content (AvgIpc) is 2.44. The molecule has 0 radical (unpaired) electrons. The van der Waals surface area contributed by atoms with Gasteiger partial charge in [-0.1, -0.05) is 6.07 Å². The molecule has 0 unspecified atom stereocenters. The molecule has 3 heterocycles. The third kappa shape index (κ3) is 3.12. The van der Waals surface area contributed by atoms with Crippen molar-refractivity contribution in [2.24, 2.45) is 0 Å². The molecule has 10 heteroatoms. The molecule has 0 bridgehead atoms. The Morgan fingerprint density at radius 2 is 2.13 bits per heavy atom. The number of pyridine rings is 1. The van der Waals surface area contributed by atoms with Crippen molar-refractivity contribution in [3.63, 3.8) is 0 Å². The molecule has 23 heavy (non-hydrogen) atoms. The summed E-state index contributed by atoms with van der Waals surface area (Å²) in [6, 6.07) is 5.01. The van der Waals surface area contributed by atoms with Gasteiger partial charge in [-0.15, -0.1) is 0 Å². The van der Waals surface area contributed by atoms with Gasteiger partial charge in [-0.3, -0.25) is 14.7 Å². The number of carbonyl (C=O) groups is 2. The monoisotopic (exact) mass is 454 g/mol. The van der Waals surface area contributed by atoms with Crippen molar-refractivity contribution in [1.82, 2.24) is 9.88 Å². The van der Waals surface area contributed by atoms with E-state index in [0.717, 1.165) is 4.90 Å². The molecule has 0 saturated carbocycles. The quantitative estimate of drug-likeness (QED) is 0.199. The van der Waals surface area contributed by atoms with Gasteiger partial charge < -0.3 is 9.90 Å². The Kier molecular flexibility index (Phi) is 5.36. The van der Waals surface area contributed by atoms with Crippen molar-refractivity contribution < 1.29 is 52.7 Å². The van der Waals surface area contributed by atoms with Crippen LogP contribution in [0.25, 0.3) is 6.08 Å². The van der Waals surface area contributed by atoms with Crippen LogP contribution in [0.15, 0.2) is 39.2 Å². The zero-order valence-electron chi connectivity index (χ0n) is 11.9. The van der Waals surface area contributed by atoms with Crippen LogP contribution in [-0.4, -0.2) is 41.3 Å². The molecular weight excluding hydrogens is 446 g/mol. The first kappa shape index (κ1) is 18.6. The molecular formula is C13H8IN2NaO5S. The van der Waals surface area contributed by atoms with E-state index in [0.29, 0.717) is 5.69 Å². The van der Waals surface area contributed by atoms with Gasteiger partial charge in [0.1, 0.15) is 0 Å². The van der Waals surface area contributed by atoms with E-state index in [2.05, 4.69) is 4.98 Å². The van der Waals surface area contributed by atoms with E-state index in [-0.39, 0.29) is 44.4 Å². The summed E-state index contributed by atoms with van der Waals surface area (Å²) in [5.74, 6) is -2.65. The smallest absolute Gasteiger partial charge is 0.543 e. The molecule has 1 aromatic heterocycles. The molecule has 3 rings (SSSR count). The zero-order valence-corrected chi connectivity index (χ0v) is 16.9. The molecule has 1 amide bonds. The maximum absolute atomic E-state index is 12.3. The fourth-order valence-electron chi connectivity index (χ4n) is 2.41. The van der Waals surface area contributed by atoms with Crippen molar-refractivity contribution in [3.8, 4) is 0 Å². The molecule has 1 aromatic rings. The number of fused-ring (bicyclic) bond motifs is 1. The van der Waals surface area contributed by atoms with Gasteiger partial charge in [-0.2, -0.15) is 0 Å². The first-order valence-electron chi connectivity index (χ1n) is 6.10. The van der Waals surface area contributed by atoms with Gasteiger partial charge >= 0.3 is 29.6 Å². The second kappa shape index (κ2) is 6.63. The second-order valence-electron chi connectivity index (χ2n) is 4.73. The van der Waals surface area contributed by atoms with Crippen LogP contribution in [0.5, 0.6) is 0 Å². The first-order chi connectivity index (χ1) is 10.3. The molecule has 2 aliphatic heterocycles. The Labute approximate surface area is 167 Å². The predicted octanol–water partition coefficient (Wildman–Crippen LogP) is -3.54. The van der Waals surface area contributed by atoms with E-state index in [1.807, 2.05) is 0 Å². The number of aromatic nitrogens is 1. The minimum atomic E-state index is -3.69. The predicted molar refractivity (Wildman–Crippen MR) is 82.7 cm³/mol. The Morgan fingerprint density at radius 3 is 2.70 bits per heavy atom. The third-order valence-corrected chi connectivity index (χ3v) is 6.56. The van der Waals surface area contributed by atoms with E-state index < -0.39 is 32.8 Å². The number of sulfone groups is 1. The number of amides is 1. The van der Waals surface area contributed by atoms with Gasteiger partial charge in [0.15, 0.2) is 15.2 Å². The molecule has 1 fully saturated rings. The van der Waals surface area contributed by atoms with Crippen molar-refractivity contribution in [3.05, 3.63) is 44.9 Å². The summed E-state index contributed by atoms with van der Waals surface area (Å²) in [7, 11) is -3.69. The van der Waals surface area contributed by atoms with Crippen LogP contribution in [0.3, 0.4) is 0 Å². The van der Waals surface area contributed by atoms with Gasteiger partial charge in [-0.25, -0.2) is 8.42 Å². The molecule has 1 saturated heterocycles. The summed E-state index contributed by atoms with van der Waals surface area (Å²) in [6.07, 6.45) is 2.88. The van der Waals surface area contributed by atoms with Crippen LogP contribution in [0, 0.1) is 0 Å². The number of β-lactam (4-membered cyclic amide) rings is 1. The van der Waals surface area contributed by atoms with Crippen LogP contribution >= 0.6 is 22.6 Å². The minimum Gasteiger partial charge on any atom is -0.543 e. The molecule has 0 spiro atoms. The van der Waals surface area contributed by atoms with E-state index in [1.54, 1.807) is 40.8 Å². The van der Waals surface area contributed by atoms with E-state index in [1.165, 1.54) is 12.3 Å². The summed E-state index contributed by atoms with van der Waals surface area (Å²) in [5.41, 5.74) is 0.0740. The fourth-order valence-corrected chi connectivity index (χ4v) is 5.92. The van der Waals surface area contributed by atoms with Gasteiger partial charge in [0, 0.05) is 9.78 Å². The summed E-state index contributed by atoms with van der Waals surface area (Å²) in [5, 5.41) is 9.90. The van der Waals surface area contributed by atoms with Gasteiger partial charge in [0.2, 0.25) is 0 Å². The standard InChI is InChI=1S/C13H9IN2O5S.Na/c14-9-6-22(20,21)12-8(5-7-3-1-2-4-15-7)11(17)16(12)10(9)13(18)19;/h1-5,12H,6H2,(H,18,19);/q;+1/p-1/b8-5+;/t12-;/m1./s1. The van der Waals surface area contributed by atoms with Crippen molar-refractivity contribution in [2.45, 2.75) is 5.37 Å². The van der Waals surface area contributed by atoms with Crippen LogP contribution in [0.4, 0.5) is 0 Å². The topological polar surface area (TPSA) is 107 Å². The number of nitrogens with zero attached hydrogens (tertiary/aromatic N) is 2. The summed E-state index contributed by atoms with van der Waals surface area (Å²) < 4.78 is 24.6. The Bertz CT molecular complexity index is 850. The molecule has 0 N–H and O–H groups in total. The molecule has 2 aliphatic rings. The Morgan fingerprint density at radius 1 is 1.43 bits per heavy atom. The SMILES string of the molecule is O=C([O-])C1=C(I)CS(=O)(=O)[C@@H]2/C(=C/c3ccccn3)C(=O)N12.[Na+].